The van der Waals surface area contributed by atoms with Crippen LogP contribution >= 0.6 is 23.2 Å². The van der Waals surface area contributed by atoms with Gasteiger partial charge in [0.05, 0.1) is 15.6 Å². The smallest absolute Gasteiger partial charge is 0.264 e. The van der Waals surface area contributed by atoms with Crippen LogP contribution in [-0.2, 0) is 26.2 Å². The number of carbonyl (C=O) groups excluding carboxylic acids is 2. The molecule has 10 heteroatoms. The Morgan fingerprint density at radius 2 is 1.44 bits per heavy atom. The summed E-state index contributed by atoms with van der Waals surface area (Å²) in [6.07, 6.45) is 1.03. The van der Waals surface area contributed by atoms with E-state index >= 15 is 0 Å². The van der Waals surface area contributed by atoms with Crippen molar-refractivity contribution in [1.29, 1.82) is 0 Å². The predicted molar refractivity (Wildman–Crippen MR) is 156 cm³/mol. The Morgan fingerprint density at radius 3 is 2.03 bits per heavy atom. The number of sulfonamides is 1. The van der Waals surface area contributed by atoms with Crippen LogP contribution in [0.2, 0.25) is 10.0 Å². The zero-order chi connectivity index (χ0) is 28.6. The molecule has 0 aliphatic heterocycles. The second kappa shape index (κ2) is 13.8. The molecule has 2 amide bonds. The summed E-state index contributed by atoms with van der Waals surface area (Å²) in [6.45, 7) is 5.09. The summed E-state index contributed by atoms with van der Waals surface area (Å²) < 4.78 is 28.6. The fourth-order valence-electron chi connectivity index (χ4n) is 4.06. The minimum Gasteiger partial charge on any atom is -0.352 e. The van der Waals surface area contributed by atoms with Gasteiger partial charge in [-0.25, -0.2) is 8.42 Å². The van der Waals surface area contributed by atoms with Crippen molar-refractivity contribution < 1.29 is 18.0 Å². The number of anilines is 1. The van der Waals surface area contributed by atoms with Crippen LogP contribution in [-0.4, -0.2) is 43.8 Å². The summed E-state index contributed by atoms with van der Waals surface area (Å²) >= 11 is 12.8. The van der Waals surface area contributed by atoms with E-state index in [-0.39, 0.29) is 34.1 Å². The molecule has 0 unspecified atom stereocenters. The summed E-state index contributed by atoms with van der Waals surface area (Å²) in [6, 6.07) is 20.4. The van der Waals surface area contributed by atoms with E-state index in [4.69, 9.17) is 23.2 Å². The van der Waals surface area contributed by atoms with E-state index in [0.29, 0.717) is 17.0 Å². The average molecular weight is 591 g/mol. The van der Waals surface area contributed by atoms with Crippen LogP contribution in [0.4, 0.5) is 5.69 Å². The lowest BCUT2D eigenvalue weighted by Gasteiger charge is -2.34. The van der Waals surface area contributed by atoms with Crippen molar-refractivity contribution in [3.63, 3.8) is 0 Å². The fraction of sp³-hybridized carbons (Fsp3) is 0.310. The average Bonchev–Trinajstić information content (AvgIpc) is 2.93. The standard InChI is InChI=1S/C29H33Cl2N3O4S/c1-4-21(3)32-29(36)26(5-2)33(19-22-13-9-10-16-24(22)30)28(35)20-34(27-18-12-11-17-25(27)31)39(37,38)23-14-7-6-8-15-23/h6-18,21,26H,4-5,19-20H2,1-3H3,(H,32,36)/t21-,26-/m1/s1. The lowest BCUT2D eigenvalue weighted by Crippen LogP contribution is -2.53. The van der Waals surface area contributed by atoms with Gasteiger partial charge in [0.15, 0.2) is 0 Å². The Kier molecular flexibility index (Phi) is 10.8. The quantitative estimate of drug-likeness (QED) is 0.284. The molecule has 3 aromatic carbocycles. The number of carbonyl (C=O) groups is 2. The Morgan fingerprint density at radius 1 is 0.846 bits per heavy atom. The molecule has 3 rings (SSSR count). The molecule has 2 atom stereocenters. The molecule has 0 fully saturated rings. The maximum atomic E-state index is 14.0. The van der Waals surface area contributed by atoms with Crippen molar-refractivity contribution in [3.05, 3.63) is 94.5 Å². The largest absolute Gasteiger partial charge is 0.352 e. The first kappa shape index (κ1) is 30.5. The Bertz CT molecular complexity index is 1390. The van der Waals surface area contributed by atoms with Gasteiger partial charge in [0.1, 0.15) is 12.6 Å². The molecule has 0 aliphatic rings. The number of rotatable bonds is 12. The van der Waals surface area contributed by atoms with E-state index < -0.39 is 28.5 Å². The third-order valence-corrected chi connectivity index (χ3v) is 8.88. The first-order chi connectivity index (χ1) is 18.6. The number of nitrogens with zero attached hydrogens (tertiary/aromatic N) is 2. The molecule has 39 heavy (non-hydrogen) atoms. The Hall–Kier alpha value is -3.07. The van der Waals surface area contributed by atoms with Crippen molar-refractivity contribution >= 4 is 50.7 Å². The molecule has 0 spiro atoms. The van der Waals surface area contributed by atoms with Crippen LogP contribution in [0.5, 0.6) is 0 Å². The van der Waals surface area contributed by atoms with Gasteiger partial charge in [0.25, 0.3) is 10.0 Å². The number of halogens is 2. The third kappa shape index (κ3) is 7.53. The maximum absolute atomic E-state index is 14.0. The van der Waals surface area contributed by atoms with Crippen LogP contribution in [0.1, 0.15) is 39.2 Å². The van der Waals surface area contributed by atoms with Crippen LogP contribution in [0, 0.1) is 0 Å². The Labute approximate surface area is 240 Å². The lowest BCUT2D eigenvalue weighted by atomic mass is 10.1. The van der Waals surface area contributed by atoms with Gasteiger partial charge in [-0.2, -0.15) is 0 Å². The lowest BCUT2D eigenvalue weighted by molar-refractivity contribution is -0.140. The summed E-state index contributed by atoms with van der Waals surface area (Å²) in [5.74, 6) is -0.886. The Balaban J connectivity index is 2.07. The SMILES string of the molecule is CC[C@@H](C)NC(=O)[C@@H](CC)N(Cc1ccccc1Cl)C(=O)CN(c1ccccc1Cl)S(=O)(=O)c1ccccc1. The molecular weight excluding hydrogens is 557 g/mol. The van der Waals surface area contributed by atoms with Gasteiger partial charge in [0, 0.05) is 17.6 Å². The zero-order valence-electron chi connectivity index (χ0n) is 22.2. The van der Waals surface area contributed by atoms with E-state index in [1.165, 1.54) is 17.0 Å². The molecule has 7 nitrogen and oxygen atoms in total. The first-order valence-electron chi connectivity index (χ1n) is 12.8. The summed E-state index contributed by atoms with van der Waals surface area (Å²) in [5.41, 5.74) is 0.795. The van der Waals surface area contributed by atoms with Crippen molar-refractivity contribution in [3.8, 4) is 0 Å². The van der Waals surface area contributed by atoms with Gasteiger partial charge in [-0.1, -0.05) is 85.6 Å². The van der Waals surface area contributed by atoms with E-state index in [2.05, 4.69) is 5.32 Å². The van der Waals surface area contributed by atoms with Gasteiger partial charge in [-0.3, -0.25) is 13.9 Å². The highest BCUT2D eigenvalue weighted by Gasteiger charge is 2.34. The second-order valence-electron chi connectivity index (χ2n) is 9.13. The molecule has 0 radical (unpaired) electrons. The van der Waals surface area contributed by atoms with E-state index in [9.17, 15) is 18.0 Å². The number of nitrogens with one attached hydrogen (secondary N) is 1. The first-order valence-corrected chi connectivity index (χ1v) is 14.9. The molecule has 3 aromatic rings. The van der Waals surface area contributed by atoms with Crippen molar-refractivity contribution in [1.82, 2.24) is 10.2 Å². The number of benzene rings is 3. The normalized spacial score (nSPS) is 12.8. The highest BCUT2D eigenvalue weighted by atomic mass is 35.5. The van der Waals surface area contributed by atoms with Crippen molar-refractivity contribution in [2.24, 2.45) is 0 Å². The van der Waals surface area contributed by atoms with Gasteiger partial charge in [-0.15, -0.1) is 0 Å². The molecule has 1 N–H and O–H groups in total. The van der Waals surface area contributed by atoms with Crippen LogP contribution < -0.4 is 9.62 Å². The maximum Gasteiger partial charge on any atom is 0.264 e. The molecular formula is C29H33Cl2N3O4S. The van der Waals surface area contributed by atoms with E-state index in [1.807, 2.05) is 13.8 Å². The summed E-state index contributed by atoms with van der Waals surface area (Å²) in [7, 11) is -4.19. The van der Waals surface area contributed by atoms with Gasteiger partial charge in [-0.05, 0) is 55.7 Å². The highest BCUT2D eigenvalue weighted by Crippen LogP contribution is 2.31. The molecule has 0 aliphatic carbocycles. The van der Waals surface area contributed by atoms with Crippen molar-refractivity contribution in [2.75, 3.05) is 10.8 Å². The summed E-state index contributed by atoms with van der Waals surface area (Å²) in [4.78, 5) is 28.8. The van der Waals surface area contributed by atoms with Crippen molar-refractivity contribution in [2.45, 2.75) is 57.1 Å². The third-order valence-electron chi connectivity index (χ3n) is 6.42. The minimum atomic E-state index is -4.19. The topological polar surface area (TPSA) is 86.8 Å². The monoisotopic (exact) mass is 589 g/mol. The molecule has 0 bridgehead atoms. The molecule has 0 saturated carbocycles. The number of para-hydroxylation sites is 1. The van der Waals surface area contributed by atoms with E-state index in [1.54, 1.807) is 73.7 Å². The van der Waals surface area contributed by atoms with Gasteiger partial charge >= 0.3 is 0 Å². The highest BCUT2D eigenvalue weighted by molar-refractivity contribution is 7.92. The number of amides is 2. The minimum absolute atomic E-state index is 0.0110. The second-order valence-corrected chi connectivity index (χ2v) is 11.8. The molecule has 0 saturated heterocycles. The summed E-state index contributed by atoms with van der Waals surface area (Å²) in [5, 5.41) is 3.56. The molecule has 0 heterocycles. The van der Waals surface area contributed by atoms with Crippen LogP contribution in [0.3, 0.4) is 0 Å². The number of hydrogen-bond acceptors (Lipinski definition) is 4. The predicted octanol–water partition coefficient (Wildman–Crippen LogP) is 5.91. The molecule has 208 valence electrons. The van der Waals surface area contributed by atoms with Crippen LogP contribution in [0.25, 0.3) is 0 Å². The van der Waals surface area contributed by atoms with Gasteiger partial charge in [0.2, 0.25) is 11.8 Å². The molecule has 0 aromatic heterocycles. The van der Waals surface area contributed by atoms with Gasteiger partial charge < -0.3 is 10.2 Å². The van der Waals surface area contributed by atoms with Crippen LogP contribution in [0.15, 0.2) is 83.8 Å². The number of hydrogen-bond donors (Lipinski definition) is 1. The zero-order valence-corrected chi connectivity index (χ0v) is 24.5. The fourth-order valence-corrected chi connectivity index (χ4v) is 6.00. The van der Waals surface area contributed by atoms with E-state index in [0.717, 1.165) is 10.7 Å².